The van der Waals surface area contributed by atoms with Gasteiger partial charge in [-0.3, -0.25) is 0 Å². The van der Waals surface area contributed by atoms with Gasteiger partial charge in [0.05, 0.1) is 5.69 Å². The van der Waals surface area contributed by atoms with Gasteiger partial charge in [0, 0.05) is 24.7 Å². The second-order valence-electron chi connectivity index (χ2n) is 6.58. The summed E-state index contributed by atoms with van der Waals surface area (Å²) in [5.74, 6) is 1.17. The molecule has 4 nitrogen and oxygen atoms in total. The molecule has 1 N–H and O–H groups in total. The van der Waals surface area contributed by atoms with Crippen LogP contribution in [0.15, 0.2) is 24.3 Å². The first-order valence-electron chi connectivity index (χ1n) is 9.16. The lowest BCUT2D eigenvalue weighted by molar-refractivity contribution is 0.261. The molecule has 0 amide bonds. The monoisotopic (exact) mass is 347 g/mol. The van der Waals surface area contributed by atoms with E-state index in [0.29, 0.717) is 23.9 Å². The highest BCUT2D eigenvalue weighted by Crippen LogP contribution is 2.20. The fourth-order valence-electron chi connectivity index (χ4n) is 2.96. The maximum atomic E-state index is 13.9. The van der Waals surface area contributed by atoms with Crippen molar-refractivity contribution < 1.29 is 9.13 Å². The number of aryl methyl sites for hydroxylation is 2. The smallest absolute Gasteiger partial charge is 0.212 e. The predicted molar refractivity (Wildman–Crippen MR) is 99.1 cm³/mol. The summed E-state index contributed by atoms with van der Waals surface area (Å²) in [6.45, 7) is 8.12. The molecular weight excluding hydrogens is 317 g/mol. The van der Waals surface area contributed by atoms with Gasteiger partial charge in [-0.25, -0.2) is 9.07 Å². The average Bonchev–Trinajstić information content (AvgIpc) is 2.99. The third kappa shape index (κ3) is 5.56. The topological polar surface area (TPSA) is 39.1 Å². The van der Waals surface area contributed by atoms with Gasteiger partial charge < -0.3 is 10.1 Å². The standard InChI is InChI=1S/C20H30FN3O/c1-5-16(6-2)9-10-24-20(12-18(23-24)13-22-4)25-14-17-11-15(3)7-8-19(17)21/h7-8,11-12,16,22H,5-6,9-10,13-14H2,1-4H3. The van der Waals surface area contributed by atoms with Gasteiger partial charge in [-0.05, 0) is 38.4 Å². The Labute approximate surface area is 150 Å². The van der Waals surface area contributed by atoms with Crippen LogP contribution < -0.4 is 10.1 Å². The minimum Gasteiger partial charge on any atom is -0.473 e. The molecule has 5 heteroatoms. The maximum Gasteiger partial charge on any atom is 0.212 e. The molecule has 138 valence electrons. The highest BCUT2D eigenvalue weighted by Gasteiger charge is 2.12. The molecule has 0 saturated carbocycles. The van der Waals surface area contributed by atoms with Gasteiger partial charge in [0.2, 0.25) is 5.88 Å². The molecule has 0 unspecified atom stereocenters. The van der Waals surface area contributed by atoms with Crippen molar-refractivity contribution in [2.75, 3.05) is 7.05 Å². The number of hydrogen-bond acceptors (Lipinski definition) is 3. The Balaban J connectivity index is 2.10. The van der Waals surface area contributed by atoms with Crippen LogP contribution >= 0.6 is 0 Å². The van der Waals surface area contributed by atoms with Crippen LogP contribution in [-0.4, -0.2) is 16.8 Å². The van der Waals surface area contributed by atoms with E-state index in [2.05, 4.69) is 24.3 Å². The van der Waals surface area contributed by atoms with Crippen LogP contribution in [0.4, 0.5) is 4.39 Å². The molecule has 0 atom stereocenters. The molecule has 0 aliphatic carbocycles. The molecule has 2 aromatic rings. The van der Waals surface area contributed by atoms with E-state index in [1.54, 1.807) is 6.07 Å². The fourth-order valence-corrected chi connectivity index (χ4v) is 2.96. The number of nitrogens with one attached hydrogen (secondary N) is 1. The van der Waals surface area contributed by atoms with Crippen LogP contribution in [0.3, 0.4) is 0 Å². The summed E-state index contributed by atoms with van der Waals surface area (Å²) in [4.78, 5) is 0. The number of nitrogens with zero attached hydrogens (tertiary/aromatic N) is 2. The van der Waals surface area contributed by atoms with Crippen molar-refractivity contribution in [3.8, 4) is 5.88 Å². The second kappa shape index (κ2) is 9.56. The number of halogens is 1. The summed E-state index contributed by atoms with van der Waals surface area (Å²) >= 11 is 0. The summed E-state index contributed by atoms with van der Waals surface area (Å²) in [7, 11) is 1.89. The SMILES string of the molecule is CCC(CC)CCn1nc(CNC)cc1OCc1cc(C)ccc1F. The Morgan fingerprint density at radius 3 is 2.68 bits per heavy atom. The van der Waals surface area contributed by atoms with Crippen molar-refractivity contribution in [2.45, 2.75) is 59.7 Å². The summed E-state index contributed by atoms with van der Waals surface area (Å²) in [6.07, 6.45) is 3.42. The lowest BCUT2D eigenvalue weighted by Crippen LogP contribution is -2.10. The van der Waals surface area contributed by atoms with E-state index in [-0.39, 0.29) is 12.4 Å². The highest BCUT2D eigenvalue weighted by atomic mass is 19.1. The van der Waals surface area contributed by atoms with E-state index in [9.17, 15) is 4.39 Å². The Hall–Kier alpha value is -1.88. The molecule has 1 heterocycles. The molecule has 0 saturated heterocycles. The highest BCUT2D eigenvalue weighted by molar-refractivity contribution is 5.24. The zero-order valence-electron chi connectivity index (χ0n) is 15.8. The van der Waals surface area contributed by atoms with Gasteiger partial charge in [0.15, 0.2) is 0 Å². The summed E-state index contributed by atoms with van der Waals surface area (Å²) in [6, 6.07) is 7.03. The van der Waals surface area contributed by atoms with Gasteiger partial charge in [-0.15, -0.1) is 0 Å². The lowest BCUT2D eigenvalue weighted by atomic mass is 10.00. The molecule has 2 rings (SSSR count). The number of ether oxygens (including phenoxy) is 1. The van der Waals surface area contributed by atoms with E-state index in [4.69, 9.17) is 4.74 Å². The Bertz CT molecular complexity index is 665. The Kier molecular flexibility index (Phi) is 7.44. The number of benzene rings is 1. The van der Waals surface area contributed by atoms with Gasteiger partial charge in [-0.1, -0.05) is 38.3 Å². The summed E-state index contributed by atoms with van der Waals surface area (Å²) in [5, 5.41) is 7.74. The minimum absolute atomic E-state index is 0.211. The van der Waals surface area contributed by atoms with E-state index in [1.165, 1.54) is 18.9 Å². The van der Waals surface area contributed by atoms with Crippen LogP contribution in [0.25, 0.3) is 0 Å². The Morgan fingerprint density at radius 1 is 1.24 bits per heavy atom. The maximum absolute atomic E-state index is 13.9. The van der Waals surface area contributed by atoms with Crippen molar-refractivity contribution >= 4 is 0 Å². The van der Waals surface area contributed by atoms with Crippen molar-refractivity contribution in [3.63, 3.8) is 0 Å². The molecule has 25 heavy (non-hydrogen) atoms. The summed E-state index contributed by atoms with van der Waals surface area (Å²) in [5.41, 5.74) is 2.53. The number of aromatic nitrogens is 2. The van der Waals surface area contributed by atoms with E-state index in [0.717, 1.165) is 24.2 Å². The molecule has 0 bridgehead atoms. The molecular formula is C20H30FN3O. The van der Waals surface area contributed by atoms with Crippen LogP contribution in [-0.2, 0) is 19.7 Å². The van der Waals surface area contributed by atoms with Gasteiger partial charge in [0.1, 0.15) is 12.4 Å². The third-order valence-corrected chi connectivity index (χ3v) is 4.63. The first-order valence-corrected chi connectivity index (χ1v) is 9.16. The molecule has 1 aromatic heterocycles. The molecule has 0 radical (unpaired) electrons. The zero-order chi connectivity index (χ0) is 18.2. The van der Waals surface area contributed by atoms with Crippen molar-refractivity contribution in [3.05, 3.63) is 46.9 Å². The van der Waals surface area contributed by atoms with Crippen molar-refractivity contribution in [1.82, 2.24) is 15.1 Å². The van der Waals surface area contributed by atoms with Gasteiger partial charge in [-0.2, -0.15) is 5.10 Å². The molecule has 1 aromatic carbocycles. The van der Waals surface area contributed by atoms with Gasteiger partial charge >= 0.3 is 0 Å². The van der Waals surface area contributed by atoms with Crippen molar-refractivity contribution in [2.24, 2.45) is 5.92 Å². The predicted octanol–water partition coefficient (Wildman–Crippen LogP) is 4.46. The fraction of sp³-hybridized carbons (Fsp3) is 0.550. The van der Waals surface area contributed by atoms with Crippen LogP contribution in [0.2, 0.25) is 0 Å². The molecule has 0 spiro atoms. The van der Waals surface area contributed by atoms with Crippen molar-refractivity contribution in [1.29, 1.82) is 0 Å². The second-order valence-corrected chi connectivity index (χ2v) is 6.58. The third-order valence-electron chi connectivity index (χ3n) is 4.63. The first kappa shape index (κ1) is 19.4. The quantitative estimate of drug-likeness (QED) is 0.690. The van der Waals surface area contributed by atoms with Crippen LogP contribution in [0.5, 0.6) is 5.88 Å². The number of hydrogen-bond donors (Lipinski definition) is 1. The first-order chi connectivity index (χ1) is 12.1. The van der Waals surface area contributed by atoms with Crippen LogP contribution in [0, 0.1) is 18.7 Å². The minimum atomic E-state index is -0.232. The lowest BCUT2D eigenvalue weighted by Gasteiger charge is -2.14. The van der Waals surface area contributed by atoms with E-state index in [1.807, 2.05) is 30.8 Å². The zero-order valence-corrected chi connectivity index (χ0v) is 15.8. The van der Waals surface area contributed by atoms with Gasteiger partial charge in [0.25, 0.3) is 0 Å². The van der Waals surface area contributed by atoms with E-state index < -0.39 is 0 Å². The Morgan fingerprint density at radius 2 is 2.00 bits per heavy atom. The molecule has 0 aliphatic rings. The van der Waals surface area contributed by atoms with Crippen LogP contribution in [0.1, 0.15) is 49.9 Å². The summed E-state index contributed by atoms with van der Waals surface area (Å²) < 4.78 is 21.8. The molecule has 0 fully saturated rings. The molecule has 0 aliphatic heterocycles. The normalized spacial score (nSPS) is 11.3. The number of rotatable bonds is 10. The van der Waals surface area contributed by atoms with E-state index >= 15 is 0 Å². The average molecular weight is 347 g/mol. The largest absolute Gasteiger partial charge is 0.473 e.